The van der Waals surface area contributed by atoms with Crippen LogP contribution in [0.5, 0.6) is 0 Å². The molecule has 0 saturated heterocycles. The van der Waals surface area contributed by atoms with Crippen molar-refractivity contribution in [3.05, 3.63) is 48.0 Å². The van der Waals surface area contributed by atoms with Crippen molar-refractivity contribution in [3.63, 3.8) is 0 Å². The van der Waals surface area contributed by atoms with E-state index in [1.165, 1.54) is 0 Å². The quantitative estimate of drug-likeness (QED) is 0.754. The predicted molar refractivity (Wildman–Crippen MR) is 69.3 cm³/mol. The zero-order valence-electron chi connectivity index (χ0n) is 9.78. The van der Waals surface area contributed by atoms with E-state index in [1.54, 1.807) is 0 Å². The topological polar surface area (TPSA) is 83.5 Å². The highest BCUT2D eigenvalue weighted by Gasteiger charge is 2.22. The Balaban J connectivity index is 2.29. The van der Waals surface area contributed by atoms with E-state index < -0.39 is 18.1 Å². The number of nitrogens with two attached hydrogens (primary N) is 1. The van der Waals surface area contributed by atoms with Gasteiger partial charge in [0.1, 0.15) is 0 Å². The van der Waals surface area contributed by atoms with Gasteiger partial charge in [0.2, 0.25) is 0 Å². The molecule has 4 heteroatoms. The minimum absolute atomic E-state index is 0.328. The Kier molecular flexibility index (Phi) is 3.60. The van der Waals surface area contributed by atoms with E-state index in [2.05, 4.69) is 0 Å². The summed E-state index contributed by atoms with van der Waals surface area (Å²) in [6.07, 6.45) is -1.21. The van der Waals surface area contributed by atoms with E-state index >= 15 is 0 Å². The van der Waals surface area contributed by atoms with E-state index in [0.717, 1.165) is 16.3 Å². The van der Waals surface area contributed by atoms with Gasteiger partial charge in [-0.3, -0.25) is 0 Å². The molecule has 0 aliphatic heterocycles. The first kappa shape index (κ1) is 12.5. The molecule has 0 aromatic heterocycles. The molecule has 4 N–H and O–H groups in total. The van der Waals surface area contributed by atoms with Crippen molar-refractivity contribution < 1.29 is 15.0 Å². The van der Waals surface area contributed by atoms with Crippen LogP contribution in [0.3, 0.4) is 0 Å². The lowest BCUT2D eigenvalue weighted by molar-refractivity contribution is -0.147. The number of aliphatic hydroxyl groups is 1. The summed E-state index contributed by atoms with van der Waals surface area (Å²) in [6, 6.07) is 12.8. The van der Waals surface area contributed by atoms with Crippen molar-refractivity contribution in [2.45, 2.75) is 18.6 Å². The number of hydrogen-bond donors (Lipinski definition) is 3. The average Bonchev–Trinajstić information content (AvgIpc) is 2.38. The molecule has 2 atom stereocenters. The van der Waals surface area contributed by atoms with Crippen molar-refractivity contribution in [2.24, 2.45) is 5.73 Å². The van der Waals surface area contributed by atoms with Crippen molar-refractivity contribution >= 4 is 16.7 Å². The summed E-state index contributed by atoms with van der Waals surface area (Å²) in [4.78, 5) is 10.7. The van der Waals surface area contributed by atoms with Crippen molar-refractivity contribution in [3.8, 4) is 0 Å². The molecule has 18 heavy (non-hydrogen) atoms. The fourth-order valence-electron chi connectivity index (χ4n) is 2.02. The molecule has 94 valence electrons. The molecule has 2 aromatic carbocycles. The third-order valence-corrected chi connectivity index (χ3v) is 2.99. The number of benzene rings is 2. The molecule has 0 bridgehead atoms. The minimum Gasteiger partial charge on any atom is -0.479 e. The molecule has 0 aliphatic rings. The second-order valence-corrected chi connectivity index (χ2v) is 4.29. The summed E-state index contributed by atoms with van der Waals surface area (Å²) in [6.45, 7) is 0. The molecule has 0 radical (unpaired) electrons. The predicted octanol–water partition coefficient (Wildman–Crippen LogP) is 1.16. The van der Waals surface area contributed by atoms with E-state index in [-0.39, 0.29) is 0 Å². The summed E-state index contributed by atoms with van der Waals surface area (Å²) < 4.78 is 0. The first-order valence-corrected chi connectivity index (χ1v) is 5.72. The molecule has 2 aromatic rings. The largest absolute Gasteiger partial charge is 0.479 e. The fourth-order valence-corrected chi connectivity index (χ4v) is 2.02. The van der Waals surface area contributed by atoms with E-state index in [0.29, 0.717) is 6.42 Å². The highest BCUT2D eigenvalue weighted by molar-refractivity contribution is 5.85. The average molecular weight is 245 g/mol. The van der Waals surface area contributed by atoms with Gasteiger partial charge < -0.3 is 15.9 Å². The molecule has 0 saturated carbocycles. The lowest BCUT2D eigenvalue weighted by Crippen LogP contribution is -2.41. The zero-order valence-corrected chi connectivity index (χ0v) is 9.78. The Morgan fingerprint density at radius 1 is 1.17 bits per heavy atom. The van der Waals surface area contributed by atoms with Gasteiger partial charge in [0.05, 0.1) is 0 Å². The molecule has 0 heterocycles. The number of hydrogen-bond acceptors (Lipinski definition) is 3. The van der Waals surface area contributed by atoms with Gasteiger partial charge >= 0.3 is 5.97 Å². The van der Waals surface area contributed by atoms with Crippen LogP contribution in [0.15, 0.2) is 42.5 Å². The Labute approximate surface area is 105 Å². The van der Waals surface area contributed by atoms with Crippen LogP contribution >= 0.6 is 0 Å². The van der Waals surface area contributed by atoms with Crippen LogP contribution in [-0.2, 0) is 11.2 Å². The number of rotatable bonds is 4. The van der Waals surface area contributed by atoms with Crippen LogP contribution in [0.1, 0.15) is 5.56 Å². The molecule has 0 aliphatic carbocycles. The van der Waals surface area contributed by atoms with Crippen LogP contribution < -0.4 is 5.73 Å². The number of carboxylic acid groups (broad SMARTS) is 1. The number of carbonyl (C=O) groups is 1. The summed E-state index contributed by atoms with van der Waals surface area (Å²) >= 11 is 0. The van der Waals surface area contributed by atoms with E-state index in [4.69, 9.17) is 10.8 Å². The SMILES string of the molecule is NC(Cc1cccc2ccccc12)C(O)C(=O)O. The molecular formula is C14H15NO3. The van der Waals surface area contributed by atoms with Gasteiger partial charge in [0.15, 0.2) is 6.10 Å². The molecule has 0 amide bonds. The summed E-state index contributed by atoms with van der Waals surface area (Å²) in [5.74, 6) is -1.29. The van der Waals surface area contributed by atoms with Crippen LogP contribution in [0.4, 0.5) is 0 Å². The maximum absolute atomic E-state index is 10.7. The highest BCUT2D eigenvalue weighted by Crippen LogP contribution is 2.19. The number of aliphatic hydroxyl groups excluding tert-OH is 1. The molecule has 0 fully saturated rings. The summed E-state index contributed by atoms with van der Waals surface area (Å²) in [5.41, 5.74) is 6.66. The fraction of sp³-hybridized carbons (Fsp3) is 0.214. The van der Waals surface area contributed by atoms with Crippen LogP contribution in [0.2, 0.25) is 0 Å². The second kappa shape index (κ2) is 5.16. The van der Waals surface area contributed by atoms with Crippen molar-refractivity contribution in [1.82, 2.24) is 0 Å². The smallest absolute Gasteiger partial charge is 0.334 e. The van der Waals surface area contributed by atoms with E-state index in [1.807, 2.05) is 42.5 Å². The van der Waals surface area contributed by atoms with Gasteiger partial charge in [-0.2, -0.15) is 0 Å². The van der Waals surface area contributed by atoms with Crippen LogP contribution in [0.25, 0.3) is 10.8 Å². The van der Waals surface area contributed by atoms with Crippen molar-refractivity contribution in [2.75, 3.05) is 0 Å². The standard InChI is InChI=1S/C14H15NO3/c15-12(13(16)14(17)18)8-10-6-3-5-9-4-1-2-7-11(9)10/h1-7,12-13,16H,8,15H2,(H,17,18). The first-order valence-electron chi connectivity index (χ1n) is 5.72. The second-order valence-electron chi connectivity index (χ2n) is 4.29. The maximum atomic E-state index is 10.7. The number of fused-ring (bicyclic) bond motifs is 1. The maximum Gasteiger partial charge on any atom is 0.334 e. The number of carboxylic acids is 1. The minimum atomic E-state index is -1.54. The molecule has 2 rings (SSSR count). The van der Waals surface area contributed by atoms with Gasteiger partial charge in [-0.05, 0) is 22.8 Å². The zero-order chi connectivity index (χ0) is 13.1. The molecule has 4 nitrogen and oxygen atoms in total. The summed E-state index contributed by atoms with van der Waals surface area (Å²) in [7, 11) is 0. The van der Waals surface area contributed by atoms with Crippen LogP contribution in [0, 0.1) is 0 Å². The normalized spacial score (nSPS) is 14.3. The first-order chi connectivity index (χ1) is 8.59. The van der Waals surface area contributed by atoms with Gasteiger partial charge in [-0.1, -0.05) is 42.5 Å². The molecule has 0 spiro atoms. The third kappa shape index (κ3) is 2.50. The van der Waals surface area contributed by atoms with Gasteiger partial charge in [0, 0.05) is 6.04 Å². The Morgan fingerprint density at radius 2 is 1.83 bits per heavy atom. The van der Waals surface area contributed by atoms with Gasteiger partial charge in [0.25, 0.3) is 0 Å². The molecule has 2 unspecified atom stereocenters. The monoisotopic (exact) mass is 245 g/mol. The van der Waals surface area contributed by atoms with Crippen molar-refractivity contribution in [1.29, 1.82) is 0 Å². The Morgan fingerprint density at radius 3 is 2.56 bits per heavy atom. The Bertz CT molecular complexity index is 562. The number of aliphatic carboxylic acids is 1. The lowest BCUT2D eigenvalue weighted by atomic mass is 9.97. The Hall–Kier alpha value is -1.91. The van der Waals surface area contributed by atoms with E-state index in [9.17, 15) is 9.90 Å². The summed E-state index contributed by atoms with van der Waals surface area (Å²) in [5, 5.41) is 20.2. The lowest BCUT2D eigenvalue weighted by Gasteiger charge is -2.16. The highest BCUT2D eigenvalue weighted by atomic mass is 16.4. The van der Waals surface area contributed by atoms with Gasteiger partial charge in [-0.25, -0.2) is 4.79 Å². The molecular weight excluding hydrogens is 230 g/mol. The third-order valence-electron chi connectivity index (χ3n) is 2.99. The van der Waals surface area contributed by atoms with Gasteiger partial charge in [-0.15, -0.1) is 0 Å². The van der Waals surface area contributed by atoms with Crippen LogP contribution in [-0.4, -0.2) is 28.3 Å².